The van der Waals surface area contributed by atoms with Gasteiger partial charge in [-0.05, 0) is 43.5 Å². The minimum Gasteiger partial charge on any atom is -0.493 e. The van der Waals surface area contributed by atoms with Gasteiger partial charge in [-0.1, -0.05) is 6.07 Å². The molecule has 0 radical (unpaired) electrons. The van der Waals surface area contributed by atoms with E-state index >= 15 is 0 Å². The van der Waals surface area contributed by atoms with Crippen molar-refractivity contribution in [3.8, 4) is 11.5 Å². The van der Waals surface area contributed by atoms with E-state index in [9.17, 15) is 4.79 Å². The molecule has 2 rings (SSSR count). The molecule has 0 aromatic heterocycles. The van der Waals surface area contributed by atoms with Crippen molar-refractivity contribution in [2.24, 2.45) is 0 Å². The van der Waals surface area contributed by atoms with Crippen LogP contribution in [0.15, 0.2) is 24.3 Å². The maximum absolute atomic E-state index is 11.8. The van der Waals surface area contributed by atoms with E-state index in [1.165, 1.54) is 6.08 Å². The molecule has 1 aliphatic heterocycles. The van der Waals surface area contributed by atoms with Crippen LogP contribution < -0.4 is 14.8 Å². The lowest BCUT2D eigenvalue weighted by atomic mass is 10.2. The Bertz CT molecular complexity index is 521. The largest absolute Gasteiger partial charge is 0.493 e. The first-order chi connectivity index (χ1) is 10.7. The molecule has 0 bridgehead atoms. The molecule has 1 aliphatic rings. The highest BCUT2D eigenvalue weighted by molar-refractivity contribution is 5.91. The molecule has 1 aromatic carbocycles. The van der Waals surface area contributed by atoms with Gasteiger partial charge in [-0.2, -0.15) is 0 Å². The van der Waals surface area contributed by atoms with Crippen molar-refractivity contribution >= 4 is 12.0 Å². The number of benzene rings is 1. The first-order valence-corrected chi connectivity index (χ1v) is 7.61. The SMILES string of the molecule is CCOc1cc(/C=C/C(=O)NCC2CCCO2)ccc1OC. The lowest BCUT2D eigenvalue weighted by Gasteiger charge is -2.10. The molecule has 1 heterocycles. The van der Waals surface area contributed by atoms with Crippen molar-refractivity contribution in [1.29, 1.82) is 0 Å². The molecule has 0 saturated carbocycles. The standard InChI is InChI=1S/C17H23NO4/c1-3-21-16-11-13(6-8-15(16)20-2)7-9-17(19)18-12-14-5-4-10-22-14/h6-9,11,14H,3-5,10,12H2,1-2H3,(H,18,19)/b9-7+. The zero-order valence-electron chi connectivity index (χ0n) is 13.1. The summed E-state index contributed by atoms with van der Waals surface area (Å²) < 4.78 is 16.2. The number of hydrogen-bond donors (Lipinski definition) is 1. The summed E-state index contributed by atoms with van der Waals surface area (Å²) in [7, 11) is 1.60. The molecular weight excluding hydrogens is 282 g/mol. The van der Waals surface area contributed by atoms with Crippen molar-refractivity contribution in [3.63, 3.8) is 0 Å². The maximum Gasteiger partial charge on any atom is 0.244 e. The van der Waals surface area contributed by atoms with E-state index in [0.29, 0.717) is 24.7 Å². The van der Waals surface area contributed by atoms with Gasteiger partial charge in [0.15, 0.2) is 11.5 Å². The van der Waals surface area contributed by atoms with E-state index in [1.54, 1.807) is 13.2 Å². The van der Waals surface area contributed by atoms with Gasteiger partial charge in [0.1, 0.15) is 0 Å². The third-order valence-corrected chi connectivity index (χ3v) is 3.44. The maximum atomic E-state index is 11.8. The number of hydrogen-bond acceptors (Lipinski definition) is 4. The monoisotopic (exact) mass is 305 g/mol. The lowest BCUT2D eigenvalue weighted by molar-refractivity contribution is -0.116. The zero-order valence-corrected chi connectivity index (χ0v) is 13.1. The molecule has 1 N–H and O–H groups in total. The summed E-state index contributed by atoms with van der Waals surface area (Å²) in [6.45, 7) is 3.84. The van der Waals surface area contributed by atoms with Gasteiger partial charge in [0, 0.05) is 19.2 Å². The van der Waals surface area contributed by atoms with Gasteiger partial charge in [0.25, 0.3) is 0 Å². The topological polar surface area (TPSA) is 56.8 Å². The van der Waals surface area contributed by atoms with Crippen molar-refractivity contribution in [2.75, 3.05) is 26.9 Å². The average Bonchev–Trinajstić information content (AvgIpc) is 3.05. The summed E-state index contributed by atoms with van der Waals surface area (Å²) in [4.78, 5) is 11.8. The van der Waals surface area contributed by atoms with Crippen molar-refractivity contribution in [1.82, 2.24) is 5.32 Å². The number of amides is 1. The predicted molar refractivity (Wildman–Crippen MR) is 85.2 cm³/mol. The molecule has 1 amide bonds. The van der Waals surface area contributed by atoms with E-state index in [-0.39, 0.29) is 12.0 Å². The Morgan fingerprint density at radius 2 is 2.32 bits per heavy atom. The van der Waals surface area contributed by atoms with Gasteiger partial charge in [0.2, 0.25) is 5.91 Å². The Kier molecular flexibility index (Phi) is 6.27. The third kappa shape index (κ3) is 4.77. The number of nitrogens with one attached hydrogen (secondary N) is 1. The van der Waals surface area contributed by atoms with E-state index in [0.717, 1.165) is 25.0 Å². The van der Waals surface area contributed by atoms with Gasteiger partial charge in [0.05, 0.1) is 19.8 Å². The van der Waals surface area contributed by atoms with Gasteiger partial charge in [-0.25, -0.2) is 0 Å². The van der Waals surface area contributed by atoms with Crippen LogP contribution in [0.5, 0.6) is 11.5 Å². The van der Waals surface area contributed by atoms with Crippen LogP contribution in [0.3, 0.4) is 0 Å². The fraction of sp³-hybridized carbons (Fsp3) is 0.471. The first-order valence-electron chi connectivity index (χ1n) is 7.61. The van der Waals surface area contributed by atoms with Crippen LogP contribution in [0.1, 0.15) is 25.3 Å². The van der Waals surface area contributed by atoms with Crippen LogP contribution in [-0.4, -0.2) is 38.9 Å². The van der Waals surface area contributed by atoms with E-state index < -0.39 is 0 Å². The van der Waals surface area contributed by atoms with Gasteiger partial charge < -0.3 is 19.5 Å². The molecule has 1 atom stereocenters. The Morgan fingerprint density at radius 3 is 3.00 bits per heavy atom. The van der Waals surface area contributed by atoms with Gasteiger partial charge >= 0.3 is 0 Å². The van der Waals surface area contributed by atoms with Crippen LogP contribution in [0.25, 0.3) is 6.08 Å². The Hall–Kier alpha value is -2.01. The molecule has 1 fully saturated rings. The summed E-state index contributed by atoms with van der Waals surface area (Å²) in [5, 5.41) is 2.85. The summed E-state index contributed by atoms with van der Waals surface area (Å²) in [5.74, 6) is 1.23. The van der Waals surface area contributed by atoms with Crippen molar-refractivity contribution in [3.05, 3.63) is 29.8 Å². The molecule has 22 heavy (non-hydrogen) atoms. The van der Waals surface area contributed by atoms with Crippen LogP contribution in [0.4, 0.5) is 0 Å². The number of rotatable bonds is 7. The normalized spacial score (nSPS) is 17.6. The Morgan fingerprint density at radius 1 is 1.45 bits per heavy atom. The second-order valence-electron chi connectivity index (χ2n) is 5.06. The lowest BCUT2D eigenvalue weighted by Crippen LogP contribution is -2.30. The number of carbonyl (C=O) groups is 1. The van der Waals surface area contributed by atoms with E-state index in [2.05, 4.69) is 5.32 Å². The second-order valence-corrected chi connectivity index (χ2v) is 5.06. The van der Waals surface area contributed by atoms with Crippen LogP contribution >= 0.6 is 0 Å². The van der Waals surface area contributed by atoms with E-state index in [4.69, 9.17) is 14.2 Å². The fourth-order valence-corrected chi connectivity index (χ4v) is 2.32. The zero-order chi connectivity index (χ0) is 15.8. The molecule has 120 valence electrons. The minimum absolute atomic E-state index is 0.121. The molecular formula is C17H23NO4. The quantitative estimate of drug-likeness (QED) is 0.786. The van der Waals surface area contributed by atoms with Crippen LogP contribution in [0, 0.1) is 0 Å². The summed E-state index contributed by atoms with van der Waals surface area (Å²) in [6, 6.07) is 5.56. The highest BCUT2D eigenvalue weighted by atomic mass is 16.5. The summed E-state index contributed by atoms with van der Waals surface area (Å²) >= 11 is 0. The molecule has 1 aromatic rings. The highest BCUT2D eigenvalue weighted by Crippen LogP contribution is 2.28. The van der Waals surface area contributed by atoms with Crippen LogP contribution in [-0.2, 0) is 9.53 Å². The van der Waals surface area contributed by atoms with Gasteiger partial charge in [-0.3, -0.25) is 4.79 Å². The smallest absolute Gasteiger partial charge is 0.244 e. The molecule has 5 nitrogen and oxygen atoms in total. The number of carbonyl (C=O) groups excluding carboxylic acids is 1. The number of ether oxygens (including phenoxy) is 3. The third-order valence-electron chi connectivity index (χ3n) is 3.44. The summed E-state index contributed by atoms with van der Waals surface area (Å²) in [5.41, 5.74) is 0.886. The Labute approximate surface area is 131 Å². The minimum atomic E-state index is -0.121. The molecule has 0 aliphatic carbocycles. The average molecular weight is 305 g/mol. The second kappa shape index (κ2) is 8.44. The number of methoxy groups -OCH3 is 1. The fourth-order valence-electron chi connectivity index (χ4n) is 2.32. The Balaban J connectivity index is 1.90. The van der Waals surface area contributed by atoms with E-state index in [1.807, 2.05) is 25.1 Å². The first kappa shape index (κ1) is 16.4. The molecule has 0 spiro atoms. The molecule has 1 saturated heterocycles. The highest BCUT2D eigenvalue weighted by Gasteiger charge is 2.15. The van der Waals surface area contributed by atoms with Crippen molar-refractivity contribution < 1.29 is 19.0 Å². The predicted octanol–water partition coefficient (Wildman–Crippen LogP) is 2.40. The molecule has 5 heteroatoms. The summed E-state index contributed by atoms with van der Waals surface area (Å²) in [6.07, 6.45) is 5.52. The van der Waals surface area contributed by atoms with Gasteiger partial charge in [-0.15, -0.1) is 0 Å². The molecule has 1 unspecified atom stereocenters. The van der Waals surface area contributed by atoms with Crippen LogP contribution in [0.2, 0.25) is 0 Å². The van der Waals surface area contributed by atoms with Crippen molar-refractivity contribution in [2.45, 2.75) is 25.9 Å².